The fraction of sp³-hybridized carbons (Fsp3) is 1.00. The second-order valence-corrected chi connectivity index (χ2v) is 1.70. The summed E-state index contributed by atoms with van der Waals surface area (Å²) in [6.07, 6.45) is -0.784. The standard InChI is InChI=1S/C4H9BF3O.K/c1-2-9-4-3-5(6,7)8;/h2-4H2,1H3;/q-1;+1. The van der Waals surface area contributed by atoms with Gasteiger partial charge in [0, 0.05) is 13.2 Å². The summed E-state index contributed by atoms with van der Waals surface area (Å²) in [5.41, 5.74) is 0. The Morgan fingerprint density at radius 3 is 2.10 bits per heavy atom. The number of hydrogen-bond donors (Lipinski definition) is 0. The van der Waals surface area contributed by atoms with Crippen LogP contribution in [0.25, 0.3) is 0 Å². The van der Waals surface area contributed by atoms with E-state index in [2.05, 4.69) is 4.74 Å². The molecule has 6 heteroatoms. The van der Waals surface area contributed by atoms with Crippen LogP contribution in [0.2, 0.25) is 6.32 Å². The van der Waals surface area contributed by atoms with Gasteiger partial charge >= 0.3 is 58.4 Å². The summed E-state index contributed by atoms with van der Waals surface area (Å²) >= 11 is 0. The molecule has 0 N–H and O–H groups in total. The molecule has 0 heterocycles. The summed E-state index contributed by atoms with van der Waals surface area (Å²) < 4.78 is 38.6. The fourth-order valence-corrected chi connectivity index (χ4v) is 0.361. The third-order valence-corrected chi connectivity index (χ3v) is 0.794. The Bertz CT molecular complexity index is 77.4. The van der Waals surface area contributed by atoms with Crippen molar-refractivity contribution >= 4 is 6.98 Å². The maximum Gasteiger partial charge on any atom is 1.00 e. The van der Waals surface area contributed by atoms with Gasteiger partial charge in [0.05, 0.1) is 0 Å². The van der Waals surface area contributed by atoms with E-state index >= 15 is 0 Å². The van der Waals surface area contributed by atoms with E-state index in [1.165, 1.54) is 0 Å². The molecule has 0 rings (SSSR count). The molecule has 0 amide bonds. The summed E-state index contributed by atoms with van der Waals surface area (Å²) in [6, 6.07) is 0. The number of rotatable bonds is 4. The van der Waals surface area contributed by atoms with Crippen molar-refractivity contribution in [1.29, 1.82) is 0 Å². The minimum absolute atomic E-state index is 0. The first-order chi connectivity index (χ1) is 4.06. The maximum atomic E-state index is 11.4. The van der Waals surface area contributed by atoms with Gasteiger partial charge in [-0.05, 0) is 6.92 Å². The largest absolute Gasteiger partial charge is 1.00 e. The van der Waals surface area contributed by atoms with Crippen molar-refractivity contribution in [3.8, 4) is 0 Å². The van der Waals surface area contributed by atoms with Crippen LogP contribution in [0.3, 0.4) is 0 Å². The normalized spacial score (nSPS) is 10.8. The molecule has 0 spiro atoms. The second kappa shape index (κ2) is 7.12. The van der Waals surface area contributed by atoms with Crippen molar-refractivity contribution in [3.05, 3.63) is 0 Å². The molecule has 0 bridgehead atoms. The van der Waals surface area contributed by atoms with E-state index in [0.717, 1.165) is 0 Å². The molecule has 0 aromatic rings. The molecule has 0 unspecified atom stereocenters. The predicted molar refractivity (Wildman–Crippen MR) is 30.4 cm³/mol. The van der Waals surface area contributed by atoms with E-state index in [1.807, 2.05) is 0 Å². The van der Waals surface area contributed by atoms with E-state index in [9.17, 15) is 12.9 Å². The van der Waals surface area contributed by atoms with Crippen molar-refractivity contribution in [2.45, 2.75) is 13.2 Å². The first kappa shape index (κ1) is 14.0. The Kier molecular flexibility index (Phi) is 9.97. The number of halogens is 3. The quantitative estimate of drug-likeness (QED) is 0.393. The number of ether oxygens (including phenoxy) is 1. The molecule has 0 atom stereocenters. The molecule has 0 fully saturated rings. The smallest absolute Gasteiger partial charge is 0.449 e. The van der Waals surface area contributed by atoms with Crippen LogP contribution < -0.4 is 51.4 Å². The Labute approximate surface area is 101 Å². The van der Waals surface area contributed by atoms with Gasteiger partial charge < -0.3 is 17.7 Å². The van der Waals surface area contributed by atoms with Crippen molar-refractivity contribution in [2.75, 3.05) is 13.2 Å². The second-order valence-electron chi connectivity index (χ2n) is 1.70. The van der Waals surface area contributed by atoms with Crippen molar-refractivity contribution < 1.29 is 69.1 Å². The summed E-state index contributed by atoms with van der Waals surface area (Å²) in [7, 11) is 0. The zero-order chi connectivity index (χ0) is 7.33. The summed E-state index contributed by atoms with van der Waals surface area (Å²) in [5, 5.41) is 0. The van der Waals surface area contributed by atoms with Crippen LogP contribution in [0.4, 0.5) is 12.9 Å². The molecule has 10 heavy (non-hydrogen) atoms. The zero-order valence-electron chi connectivity index (χ0n) is 6.24. The molecule has 0 saturated heterocycles. The van der Waals surface area contributed by atoms with E-state index in [-0.39, 0.29) is 58.0 Å². The Balaban J connectivity index is 0. The van der Waals surface area contributed by atoms with Gasteiger partial charge in [-0.25, -0.2) is 0 Å². The molecular weight excluding hydrogens is 171 g/mol. The summed E-state index contributed by atoms with van der Waals surface area (Å²) in [6.45, 7) is -2.81. The Morgan fingerprint density at radius 1 is 1.30 bits per heavy atom. The fourth-order valence-electron chi connectivity index (χ4n) is 0.361. The molecule has 0 aliphatic heterocycles. The van der Waals surface area contributed by atoms with E-state index in [4.69, 9.17) is 0 Å². The van der Waals surface area contributed by atoms with E-state index in [1.54, 1.807) is 6.92 Å². The van der Waals surface area contributed by atoms with Gasteiger partial charge in [0.2, 0.25) is 0 Å². The van der Waals surface area contributed by atoms with Crippen LogP contribution >= 0.6 is 0 Å². The van der Waals surface area contributed by atoms with E-state index in [0.29, 0.717) is 6.61 Å². The van der Waals surface area contributed by atoms with Crippen LogP contribution in [0.5, 0.6) is 0 Å². The zero-order valence-corrected chi connectivity index (χ0v) is 9.36. The Morgan fingerprint density at radius 2 is 1.80 bits per heavy atom. The van der Waals surface area contributed by atoms with Gasteiger partial charge in [0.15, 0.2) is 0 Å². The molecule has 0 aliphatic carbocycles. The van der Waals surface area contributed by atoms with Crippen LogP contribution in [0.15, 0.2) is 0 Å². The van der Waals surface area contributed by atoms with Crippen LogP contribution in [0, 0.1) is 0 Å². The molecule has 1 nitrogen and oxygen atoms in total. The molecular formula is C4H9BF3KO. The monoisotopic (exact) mass is 180 g/mol. The van der Waals surface area contributed by atoms with Gasteiger partial charge in [-0.2, -0.15) is 0 Å². The van der Waals surface area contributed by atoms with Crippen LogP contribution in [-0.2, 0) is 4.74 Å². The van der Waals surface area contributed by atoms with Gasteiger partial charge in [0.25, 0.3) is 0 Å². The predicted octanol–water partition coefficient (Wildman–Crippen LogP) is -1.13. The maximum absolute atomic E-state index is 11.4. The van der Waals surface area contributed by atoms with Gasteiger partial charge in [-0.3, -0.25) is 0 Å². The van der Waals surface area contributed by atoms with Gasteiger partial charge in [-0.1, -0.05) is 6.32 Å². The molecule has 0 aliphatic rings. The van der Waals surface area contributed by atoms with Crippen LogP contribution in [0.1, 0.15) is 6.92 Å². The Hall–Kier alpha value is 1.45. The molecule has 0 aromatic carbocycles. The molecule has 0 saturated carbocycles. The minimum Gasteiger partial charge on any atom is -0.449 e. The third-order valence-electron chi connectivity index (χ3n) is 0.794. The third kappa shape index (κ3) is 12.2. The summed E-state index contributed by atoms with van der Waals surface area (Å²) in [5.74, 6) is 0. The van der Waals surface area contributed by atoms with Gasteiger partial charge in [0.1, 0.15) is 0 Å². The number of hydrogen-bond acceptors (Lipinski definition) is 1. The van der Waals surface area contributed by atoms with Crippen molar-refractivity contribution in [3.63, 3.8) is 0 Å². The SMILES string of the molecule is CCOCC[B-](F)(F)F.[K+]. The molecule has 0 radical (unpaired) electrons. The topological polar surface area (TPSA) is 9.23 Å². The minimum atomic E-state index is -4.63. The van der Waals surface area contributed by atoms with E-state index < -0.39 is 13.3 Å². The average Bonchev–Trinajstić information content (AvgIpc) is 1.63. The summed E-state index contributed by atoms with van der Waals surface area (Å²) in [4.78, 5) is 0. The van der Waals surface area contributed by atoms with Gasteiger partial charge in [-0.15, -0.1) is 0 Å². The first-order valence-corrected chi connectivity index (χ1v) is 2.85. The average molecular weight is 180 g/mol. The first-order valence-electron chi connectivity index (χ1n) is 2.85. The van der Waals surface area contributed by atoms with Crippen molar-refractivity contribution in [2.24, 2.45) is 0 Å². The van der Waals surface area contributed by atoms with Crippen molar-refractivity contribution in [1.82, 2.24) is 0 Å². The molecule has 56 valence electrons. The molecule has 0 aromatic heterocycles. The van der Waals surface area contributed by atoms with Crippen LogP contribution in [-0.4, -0.2) is 20.2 Å².